The molecule has 188 valence electrons. The molecule has 4 aliphatic rings. The smallest absolute Gasteiger partial charge is 0.305 e. The van der Waals surface area contributed by atoms with Crippen molar-refractivity contribution in [3.05, 3.63) is 0 Å². The van der Waals surface area contributed by atoms with Crippen molar-refractivity contribution in [2.75, 3.05) is 6.61 Å². The summed E-state index contributed by atoms with van der Waals surface area (Å²) in [6.45, 7) is 10.9. The summed E-state index contributed by atoms with van der Waals surface area (Å²) in [5, 5.41) is 11.7. The van der Waals surface area contributed by atoms with E-state index in [4.69, 9.17) is 9.47 Å². The summed E-state index contributed by atoms with van der Waals surface area (Å²) in [5.74, 6) is 3.06. The van der Waals surface area contributed by atoms with E-state index in [0.29, 0.717) is 48.5 Å². The molecule has 0 aromatic rings. The molecule has 0 bridgehead atoms. The molecule has 0 amide bonds. The Hall–Kier alpha value is -1.10. The van der Waals surface area contributed by atoms with Crippen LogP contribution in [-0.4, -0.2) is 35.9 Å². The van der Waals surface area contributed by atoms with Crippen molar-refractivity contribution in [1.29, 1.82) is 0 Å². The highest BCUT2D eigenvalue weighted by atomic mass is 16.5. The van der Waals surface area contributed by atoms with Crippen LogP contribution in [0.2, 0.25) is 0 Å². The predicted molar refractivity (Wildman–Crippen MR) is 127 cm³/mol. The minimum absolute atomic E-state index is 0.0482. The van der Waals surface area contributed by atoms with Gasteiger partial charge in [0.15, 0.2) is 0 Å². The van der Waals surface area contributed by atoms with Gasteiger partial charge < -0.3 is 14.6 Å². The second-order valence-electron chi connectivity index (χ2n) is 12.3. The summed E-state index contributed by atoms with van der Waals surface area (Å²) in [6, 6.07) is 0. The number of rotatable bonds is 6. The number of aliphatic hydroxyl groups is 1. The molecule has 4 rings (SSSR count). The van der Waals surface area contributed by atoms with E-state index >= 15 is 0 Å². The van der Waals surface area contributed by atoms with Crippen LogP contribution in [0.1, 0.15) is 98.8 Å². The molecule has 0 heterocycles. The summed E-state index contributed by atoms with van der Waals surface area (Å²) in [4.78, 5) is 23.4. The zero-order chi connectivity index (χ0) is 24.0. The Kier molecular flexibility index (Phi) is 7.21. The van der Waals surface area contributed by atoms with Gasteiger partial charge in [0, 0.05) is 13.3 Å². The first-order chi connectivity index (χ1) is 15.6. The van der Waals surface area contributed by atoms with E-state index in [2.05, 4.69) is 20.8 Å². The first kappa shape index (κ1) is 25.0. The first-order valence-electron chi connectivity index (χ1n) is 13.6. The number of carbonyl (C=O) groups is 2. The summed E-state index contributed by atoms with van der Waals surface area (Å²) >= 11 is 0. The molecule has 33 heavy (non-hydrogen) atoms. The minimum atomic E-state index is -0.275. The molecule has 0 unspecified atom stereocenters. The average molecular weight is 463 g/mol. The van der Waals surface area contributed by atoms with Gasteiger partial charge >= 0.3 is 11.9 Å². The molecule has 4 fully saturated rings. The number of aliphatic hydroxyl groups excluding tert-OH is 1. The van der Waals surface area contributed by atoms with E-state index in [-0.39, 0.29) is 35.0 Å². The van der Waals surface area contributed by atoms with Gasteiger partial charge in [0.1, 0.15) is 6.10 Å². The van der Waals surface area contributed by atoms with Crippen molar-refractivity contribution in [3.8, 4) is 0 Å². The second-order valence-corrected chi connectivity index (χ2v) is 12.3. The maximum Gasteiger partial charge on any atom is 0.305 e. The lowest BCUT2D eigenvalue weighted by Crippen LogP contribution is -2.59. The van der Waals surface area contributed by atoms with Crippen LogP contribution < -0.4 is 0 Å². The van der Waals surface area contributed by atoms with Crippen LogP contribution in [0.25, 0.3) is 0 Å². The van der Waals surface area contributed by atoms with E-state index in [1.807, 2.05) is 6.92 Å². The molecule has 4 saturated carbocycles. The molecule has 0 saturated heterocycles. The largest absolute Gasteiger partial charge is 0.466 e. The van der Waals surface area contributed by atoms with Crippen molar-refractivity contribution in [1.82, 2.24) is 0 Å². The number of carbonyl (C=O) groups excluding carboxylic acids is 2. The third-order valence-electron chi connectivity index (χ3n) is 10.9. The third-order valence-corrected chi connectivity index (χ3v) is 10.9. The molecule has 4 aliphatic carbocycles. The normalized spacial score (nSPS) is 45.3. The van der Waals surface area contributed by atoms with E-state index in [0.717, 1.165) is 32.1 Å². The van der Waals surface area contributed by atoms with E-state index in [1.165, 1.54) is 32.6 Å². The highest BCUT2D eigenvalue weighted by Crippen LogP contribution is 2.68. The number of ether oxygens (including phenoxy) is 2. The van der Waals surface area contributed by atoms with Crippen LogP contribution in [0.4, 0.5) is 0 Å². The fraction of sp³-hybridized carbons (Fsp3) is 0.929. The number of hydrogen-bond acceptors (Lipinski definition) is 5. The van der Waals surface area contributed by atoms with Crippen LogP contribution in [0.15, 0.2) is 0 Å². The predicted octanol–water partition coefficient (Wildman–Crippen LogP) is 5.53. The van der Waals surface area contributed by atoms with Gasteiger partial charge in [-0.3, -0.25) is 9.59 Å². The molecule has 5 nitrogen and oxygen atoms in total. The standard InChI is InChI=1S/C28H46O5/c1-6-32-26(31)12-7-17(2)22-10-11-23-21-9-8-19-15-20(33-18(3)29)13-14-27(19,4)24(21)16-25(30)28(22,23)5/h17,19-25,30H,6-16H2,1-5H3/t17-,19-,20-,21+,22-,23+,24+,25+,27+,28-/m1/s1. The number of esters is 2. The molecule has 0 aromatic carbocycles. The number of hydrogen-bond donors (Lipinski definition) is 1. The quantitative estimate of drug-likeness (QED) is 0.526. The zero-order valence-corrected chi connectivity index (χ0v) is 21.5. The topological polar surface area (TPSA) is 72.8 Å². The van der Waals surface area contributed by atoms with Crippen molar-refractivity contribution in [3.63, 3.8) is 0 Å². The average Bonchev–Trinajstić information content (AvgIpc) is 3.12. The maximum absolute atomic E-state index is 11.9. The first-order valence-corrected chi connectivity index (χ1v) is 13.6. The van der Waals surface area contributed by atoms with Gasteiger partial charge in [-0.15, -0.1) is 0 Å². The van der Waals surface area contributed by atoms with Crippen LogP contribution in [-0.2, 0) is 19.1 Å². The fourth-order valence-electron chi connectivity index (χ4n) is 9.27. The van der Waals surface area contributed by atoms with Gasteiger partial charge in [-0.1, -0.05) is 20.8 Å². The Morgan fingerprint density at radius 3 is 2.52 bits per heavy atom. The molecule has 0 aliphatic heterocycles. The third kappa shape index (κ3) is 4.36. The van der Waals surface area contributed by atoms with E-state index in [9.17, 15) is 14.7 Å². The van der Waals surface area contributed by atoms with Gasteiger partial charge in [-0.05, 0) is 111 Å². The minimum Gasteiger partial charge on any atom is -0.466 e. The zero-order valence-electron chi connectivity index (χ0n) is 21.5. The maximum atomic E-state index is 11.9. The monoisotopic (exact) mass is 462 g/mol. The molecular weight excluding hydrogens is 416 g/mol. The summed E-state index contributed by atoms with van der Waals surface area (Å²) in [6.07, 6.45) is 9.94. The molecule has 0 radical (unpaired) electrons. The molecule has 1 N–H and O–H groups in total. The molecular formula is C28H46O5. The Labute approximate surface area is 200 Å². The lowest BCUT2D eigenvalue weighted by Gasteiger charge is -2.62. The SMILES string of the molecule is CCOC(=O)CC[C@@H](C)[C@H]1CC[C@H]2[C@@H]3CC[C@@H]4C[C@H](OC(C)=O)CC[C@]4(C)[C@H]3C[C@H](O)[C@]12C. The van der Waals surface area contributed by atoms with Gasteiger partial charge in [-0.25, -0.2) is 0 Å². The van der Waals surface area contributed by atoms with Gasteiger partial charge in [-0.2, -0.15) is 0 Å². The van der Waals surface area contributed by atoms with E-state index < -0.39 is 0 Å². The lowest BCUT2D eigenvalue weighted by atomic mass is 9.43. The van der Waals surface area contributed by atoms with Crippen molar-refractivity contribution < 1.29 is 24.2 Å². The lowest BCUT2D eigenvalue weighted by molar-refractivity contribution is -0.181. The fourth-order valence-corrected chi connectivity index (χ4v) is 9.27. The highest BCUT2D eigenvalue weighted by Gasteiger charge is 2.63. The van der Waals surface area contributed by atoms with Crippen LogP contribution in [0, 0.1) is 46.3 Å². The summed E-state index contributed by atoms with van der Waals surface area (Å²) in [7, 11) is 0. The van der Waals surface area contributed by atoms with Gasteiger partial charge in [0.25, 0.3) is 0 Å². The van der Waals surface area contributed by atoms with Crippen LogP contribution >= 0.6 is 0 Å². The van der Waals surface area contributed by atoms with Crippen LogP contribution in [0.3, 0.4) is 0 Å². The van der Waals surface area contributed by atoms with Gasteiger partial charge in [0.2, 0.25) is 0 Å². The molecule has 10 atom stereocenters. The Morgan fingerprint density at radius 2 is 1.82 bits per heavy atom. The molecule has 5 heteroatoms. The summed E-state index contributed by atoms with van der Waals surface area (Å²) < 4.78 is 10.8. The molecule has 0 aromatic heterocycles. The second kappa shape index (κ2) is 9.51. The molecule has 0 spiro atoms. The van der Waals surface area contributed by atoms with E-state index in [1.54, 1.807) is 0 Å². The Bertz CT molecular complexity index is 736. The number of fused-ring (bicyclic) bond motifs is 5. The Morgan fingerprint density at radius 1 is 1.06 bits per heavy atom. The van der Waals surface area contributed by atoms with Crippen LogP contribution in [0.5, 0.6) is 0 Å². The van der Waals surface area contributed by atoms with Gasteiger partial charge in [0.05, 0.1) is 12.7 Å². The summed E-state index contributed by atoms with van der Waals surface area (Å²) in [5.41, 5.74) is 0.197. The Balaban J connectivity index is 1.47. The van der Waals surface area contributed by atoms with Crippen molar-refractivity contribution in [2.45, 2.75) is 111 Å². The van der Waals surface area contributed by atoms with Crippen molar-refractivity contribution >= 4 is 11.9 Å². The van der Waals surface area contributed by atoms with Crippen molar-refractivity contribution in [2.24, 2.45) is 46.3 Å². The highest BCUT2D eigenvalue weighted by molar-refractivity contribution is 5.69.